The number of benzene rings is 2. The summed E-state index contributed by atoms with van der Waals surface area (Å²) < 4.78 is 10.7. The van der Waals surface area contributed by atoms with Gasteiger partial charge in [0.1, 0.15) is 11.5 Å². The Kier molecular flexibility index (Phi) is 8.06. The second-order valence-corrected chi connectivity index (χ2v) is 7.70. The van der Waals surface area contributed by atoms with Gasteiger partial charge in [0.15, 0.2) is 0 Å². The Balaban J connectivity index is 1.47. The molecule has 0 radical (unpaired) electrons. The fourth-order valence-corrected chi connectivity index (χ4v) is 3.68. The van der Waals surface area contributed by atoms with Gasteiger partial charge in [-0.1, -0.05) is 36.4 Å². The van der Waals surface area contributed by atoms with Gasteiger partial charge in [0, 0.05) is 11.3 Å². The molecule has 3 rings (SSSR count). The molecule has 6 nitrogen and oxygen atoms in total. The van der Waals surface area contributed by atoms with Crippen molar-refractivity contribution in [2.45, 2.75) is 19.6 Å². The summed E-state index contributed by atoms with van der Waals surface area (Å²) in [6, 6.07) is 18.7. The summed E-state index contributed by atoms with van der Waals surface area (Å²) in [5, 5.41) is 3.96. The summed E-state index contributed by atoms with van der Waals surface area (Å²) in [5.74, 6) is 1.72. The number of hydrogen-bond acceptors (Lipinski definition) is 6. The van der Waals surface area contributed by atoms with Crippen LogP contribution in [-0.2, 0) is 15.3 Å². The Hall–Kier alpha value is -3.32. The number of rotatable bonds is 9. The zero-order valence-electron chi connectivity index (χ0n) is 17.5. The third-order valence-electron chi connectivity index (χ3n) is 4.44. The Morgan fingerprint density at radius 1 is 1.10 bits per heavy atom. The van der Waals surface area contributed by atoms with Gasteiger partial charge in [0.25, 0.3) is 0 Å². The van der Waals surface area contributed by atoms with Crippen molar-refractivity contribution in [1.82, 2.24) is 5.43 Å². The fourth-order valence-electron chi connectivity index (χ4n) is 2.79. The van der Waals surface area contributed by atoms with Gasteiger partial charge >= 0.3 is 5.97 Å². The molecule has 2 aromatic carbocycles. The molecule has 0 aliphatic rings. The molecule has 0 aliphatic carbocycles. The minimum Gasteiger partial charge on any atom is -0.462 e. The molecule has 1 amide bonds. The highest BCUT2D eigenvalue weighted by Gasteiger charge is 2.08. The second kappa shape index (κ2) is 11.2. The van der Waals surface area contributed by atoms with Gasteiger partial charge in [-0.25, -0.2) is 10.2 Å². The fraction of sp³-hybridized carbons (Fsp3) is 0.208. The Morgan fingerprint density at radius 2 is 1.87 bits per heavy atom. The monoisotopic (exact) mass is 436 g/mol. The number of carbonyl (C=O) groups excluding carboxylic acids is 2. The summed E-state index contributed by atoms with van der Waals surface area (Å²) in [6.07, 6.45) is 1.46. The average Bonchev–Trinajstić information content (AvgIpc) is 3.24. The summed E-state index contributed by atoms with van der Waals surface area (Å²) in [5.41, 5.74) is 6.27. The molecule has 1 heterocycles. The van der Waals surface area contributed by atoms with Crippen LogP contribution >= 0.6 is 11.8 Å². The molecule has 7 heteroatoms. The maximum Gasteiger partial charge on any atom is 0.338 e. The number of carbonyl (C=O) groups is 2. The SMILES string of the molecule is CCOC(=O)c1ccc(-c2ccc(/C=N/NC(=O)CSCc3ccccc3C)o2)cc1. The number of thioether (sulfide) groups is 1. The maximum absolute atomic E-state index is 12.0. The van der Waals surface area contributed by atoms with E-state index < -0.39 is 0 Å². The summed E-state index contributed by atoms with van der Waals surface area (Å²) >= 11 is 1.54. The standard InChI is InChI=1S/C24H24N2O4S/c1-3-29-24(28)19-10-8-18(9-11-19)22-13-12-21(30-22)14-25-26-23(27)16-31-15-20-7-5-4-6-17(20)2/h4-14H,3,15-16H2,1-2H3,(H,26,27)/b25-14+. The highest BCUT2D eigenvalue weighted by molar-refractivity contribution is 7.99. The van der Waals surface area contributed by atoms with E-state index in [9.17, 15) is 9.59 Å². The summed E-state index contributed by atoms with van der Waals surface area (Å²) in [6.45, 7) is 4.17. The largest absolute Gasteiger partial charge is 0.462 e. The predicted molar refractivity (Wildman–Crippen MR) is 123 cm³/mol. The van der Waals surface area contributed by atoms with E-state index in [0.717, 1.165) is 11.3 Å². The van der Waals surface area contributed by atoms with Gasteiger partial charge in [-0.3, -0.25) is 4.79 Å². The number of furan rings is 1. The number of nitrogens with one attached hydrogen (secondary N) is 1. The van der Waals surface area contributed by atoms with E-state index in [1.165, 1.54) is 17.3 Å². The van der Waals surface area contributed by atoms with Crippen LogP contribution in [0, 0.1) is 6.92 Å². The van der Waals surface area contributed by atoms with Crippen LogP contribution in [0.25, 0.3) is 11.3 Å². The molecule has 0 aliphatic heterocycles. The van der Waals surface area contributed by atoms with E-state index in [-0.39, 0.29) is 11.9 Å². The minimum absolute atomic E-state index is 0.170. The van der Waals surface area contributed by atoms with Crippen LogP contribution in [0.1, 0.15) is 34.2 Å². The second-order valence-electron chi connectivity index (χ2n) is 6.71. The van der Waals surface area contributed by atoms with Crippen LogP contribution in [-0.4, -0.2) is 30.5 Å². The topological polar surface area (TPSA) is 80.9 Å². The van der Waals surface area contributed by atoms with Crippen molar-refractivity contribution in [2.24, 2.45) is 5.10 Å². The quantitative estimate of drug-likeness (QED) is 0.296. The van der Waals surface area contributed by atoms with Gasteiger partial charge in [0.05, 0.1) is 24.1 Å². The lowest BCUT2D eigenvalue weighted by atomic mass is 10.1. The van der Waals surface area contributed by atoms with Crippen molar-refractivity contribution in [3.05, 3.63) is 83.1 Å². The van der Waals surface area contributed by atoms with Crippen molar-refractivity contribution in [3.8, 4) is 11.3 Å². The van der Waals surface area contributed by atoms with E-state index in [1.807, 2.05) is 12.1 Å². The van der Waals surface area contributed by atoms with Crippen molar-refractivity contribution in [3.63, 3.8) is 0 Å². The average molecular weight is 437 g/mol. The molecular formula is C24H24N2O4S. The molecular weight excluding hydrogens is 412 g/mol. The highest BCUT2D eigenvalue weighted by Crippen LogP contribution is 2.22. The predicted octanol–water partition coefficient (Wildman–Crippen LogP) is 4.82. The number of nitrogens with zero attached hydrogens (tertiary/aromatic N) is 1. The van der Waals surface area contributed by atoms with Gasteiger partial charge in [-0.15, -0.1) is 11.8 Å². The van der Waals surface area contributed by atoms with Crippen LogP contribution in [0.2, 0.25) is 0 Å². The third-order valence-corrected chi connectivity index (χ3v) is 5.42. The van der Waals surface area contributed by atoms with Gasteiger partial charge in [-0.2, -0.15) is 5.10 Å². The maximum atomic E-state index is 12.0. The molecule has 0 spiro atoms. The van der Waals surface area contributed by atoms with E-state index >= 15 is 0 Å². The molecule has 31 heavy (non-hydrogen) atoms. The van der Waals surface area contributed by atoms with Gasteiger partial charge in [0.2, 0.25) is 5.91 Å². The Morgan fingerprint density at radius 3 is 2.61 bits per heavy atom. The van der Waals surface area contributed by atoms with Crippen LogP contribution in [0.15, 0.2) is 70.2 Å². The lowest BCUT2D eigenvalue weighted by Gasteiger charge is -2.04. The molecule has 1 aromatic heterocycles. The highest BCUT2D eigenvalue weighted by atomic mass is 32.2. The van der Waals surface area contributed by atoms with Crippen molar-refractivity contribution >= 4 is 29.9 Å². The lowest BCUT2D eigenvalue weighted by molar-refractivity contribution is -0.118. The molecule has 0 atom stereocenters. The number of esters is 1. The number of ether oxygens (including phenoxy) is 1. The van der Waals surface area contributed by atoms with E-state index in [1.54, 1.807) is 55.1 Å². The van der Waals surface area contributed by atoms with Crippen molar-refractivity contribution in [2.75, 3.05) is 12.4 Å². The molecule has 0 fully saturated rings. The zero-order valence-corrected chi connectivity index (χ0v) is 18.3. The minimum atomic E-state index is -0.353. The summed E-state index contributed by atoms with van der Waals surface area (Å²) in [7, 11) is 0. The molecule has 3 aromatic rings. The van der Waals surface area contributed by atoms with Crippen LogP contribution in [0.5, 0.6) is 0 Å². The lowest BCUT2D eigenvalue weighted by Crippen LogP contribution is -2.19. The number of aryl methyl sites for hydroxylation is 1. The molecule has 160 valence electrons. The van der Waals surface area contributed by atoms with Crippen LogP contribution in [0.3, 0.4) is 0 Å². The van der Waals surface area contributed by atoms with Crippen LogP contribution in [0.4, 0.5) is 0 Å². The third kappa shape index (κ3) is 6.58. The molecule has 0 saturated heterocycles. The smallest absolute Gasteiger partial charge is 0.338 e. The number of amides is 1. The van der Waals surface area contributed by atoms with Crippen molar-refractivity contribution in [1.29, 1.82) is 0 Å². The Bertz CT molecular complexity index is 1060. The first-order chi connectivity index (χ1) is 15.1. The first-order valence-electron chi connectivity index (χ1n) is 9.88. The molecule has 1 N–H and O–H groups in total. The van der Waals surface area contributed by atoms with Crippen LogP contribution < -0.4 is 5.43 Å². The van der Waals surface area contributed by atoms with Gasteiger partial charge < -0.3 is 9.15 Å². The summed E-state index contributed by atoms with van der Waals surface area (Å²) in [4.78, 5) is 23.7. The van der Waals surface area contributed by atoms with Crippen molar-refractivity contribution < 1.29 is 18.7 Å². The first kappa shape index (κ1) is 22.4. The number of hydrogen-bond donors (Lipinski definition) is 1. The molecule has 0 saturated carbocycles. The molecule has 0 unspecified atom stereocenters. The van der Waals surface area contributed by atoms with E-state index in [4.69, 9.17) is 9.15 Å². The molecule has 0 bridgehead atoms. The van der Waals surface area contributed by atoms with E-state index in [0.29, 0.717) is 29.4 Å². The van der Waals surface area contributed by atoms with Gasteiger partial charge in [-0.05, 0) is 49.2 Å². The zero-order chi connectivity index (χ0) is 22.1. The van der Waals surface area contributed by atoms with E-state index in [2.05, 4.69) is 29.6 Å². The normalized spacial score (nSPS) is 10.9. The number of hydrazone groups is 1. The Labute approximate surface area is 185 Å². The first-order valence-corrected chi connectivity index (χ1v) is 11.0.